The van der Waals surface area contributed by atoms with Gasteiger partial charge in [-0.2, -0.15) is 0 Å². The second-order valence-electron chi connectivity index (χ2n) is 4.07. The van der Waals surface area contributed by atoms with Gasteiger partial charge >= 0.3 is 11.1 Å². The van der Waals surface area contributed by atoms with Crippen molar-refractivity contribution in [2.24, 2.45) is 7.05 Å². The molecule has 0 radical (unpaired) electrons. The van der Waals surface area contributed by atoms with Gasteiger partial charge in [-0.05, 0) is 18.5 Å². The monoisotopic (exact) mass is 237 g/mol. The Kier molecular flexibility index (Phi) is 4.90. The Morgan fingerprint density at radius 3 is 2.71 bits per heavy atom. The molecule has 5 nitrogen and oxygen atoms in total. The number of aryl methyl sites for hydroxylation is 1. The van der Waals surface area contributed by atoms with Crippen molar-refractivity contribution >= 4 is 0 Å². The van der Waals surface area contributed by atoms with Crippen molar-refractivity contribution in [2.45, 2.75) is 19.9 Å². The first-order chi connectivity index (χ1) is 8.06. The lowest BCUT2D eigenvalue weighted by Crippen LogP contribution is -2.40. The van der Waals surface area contributed by atoms with Crippen LogP contribution in [0.1, 0.15) is 13.3 Å². The largest absolute Gasteiger partial charge is 0.316 e. The molecular weight excluding hydrogens is 218 g/mol. The highest BCUT2D eigenvalue weighted by Crippen LogP contribution is 1.92. The highest BCUT2D eigenvalue weighted by molar-refractivity contribution is 4.99. The van der Waals surface area contributed by atoms with Crippen LogP contribution in [0.15, 0.2) is 34.1 Å². The molecule has 1 aromatic rings. The molecule has 0 fully saturated rings. The number of nitrogens with one attached hydrogen (secondary N) is 1. The Labute approximate surface area is 100 Å². The molecular formula is C12H19N3O2. The molecule has 94 valence electrons. The maximum atomic E-state index is 11.6. The van der Waals surface area contributed by atoms with Crippen LogP contribution in [0.4, 0.5) is 0 Å². The highest BCUT2D eigenvalue weighted by Gasteiger charge is 2.03. The third-order valence-electron chi connectivity index (χ3n) is 2.43. The van der Waals surface area contributed by atoms with Crippen molar-refractivity contribution in [3.8, 4) is 0 Å². The summed E-state index contributed by atoms with van der Waals surface area (Å²) in [6, 6.07) is 0. The molecule has 0 spiro atoms. The molecule has 0 amide bonds. The SMILES string of the molecule is C=C(CNCCC)Cn1ccn(C)c(=O)c1=O. The van der Waals surface area contributed by atoms with E-state index in [0.717, 1.165) is 18.5 Å². The maximum absolute atomic E-state index is 11.6. The molecule has 0 saturated carbocycles. The lowest BCUT2D eigenvalue weighted by atomic mass is 10.3. The molecule has 1 aromatic heterocycles. The summed E-state index contributed by atoms with van der Waals surface area (Å²) in [5.74, 6) is 0. The Balaban J connectivity index is 2.70. The van der Waals surface area contributed by atoms with Crippen molar-refractivity contribution in [1.82, 2.24) is 14.5 Å². The molecule has 0 bridgehead atoms. The summed E-state index contributed by atoms with van der Waals surface area (Å²) in [7, 11) is 1.56. The van der Waals surface area contributed by atoms with Crippen molar-refractivity contribution < 1.29 is 0 Å². The Morgan fingerprint density at radius 1 is 1.35 bits per heavy atom. The summed E-state index contributed by atoms with van der Waals surface area (Å²) >= 11 is 0. The van der Waals surface area contributed by atoms with Crippen LogP contribution in [-0.2, 0) is 13.6 Å². The van der Waals surface area contributed by atoms with Gasteiger partial charge in [-0.25, -0.2) is 0 Å². The van der Waals surface area contributed by atoms with Gasteiger partial charge in [0.15, 0.2) is 0 Å². The predicted octanol–water partition coefficient (Wildman–Crippen LogP) is 0.103. The van der Waals surface area contributed by atoms with Crippen molar-refractivity contribution in [3.63, 3.8) is 0 Å². The molecule has 0 aliphatic carbocycles. The average Bonchev–Trinajstić information content (AvgIpc) is 2.30. The van der Waals surface area contributed by atoms with Crippen molar-refractivity contribution in [2.75, 3.05) is 13.1 Å². The molecule has 17 heavy (non-hydrogen) atoms. The van der Waals surface area contributed by atoms with Crippen LogP contribution in [0.5, 0.6) is 0 Å². The summed E-state index contributed by atoms with van der Waals surface area (Å²) in [4.78, 5) is 23.0. The zero-order chi connectivity index (χ0) is 12.8. The van der Waals surface area contributed by atoms with Gasteiger partial charge in [0.05, 0.1) is 0 Å². The molecule has 0 unspecified atom stereocenters. The van der Waals surface area contributed by atoms with E-state index in [0.29, 0.717) is 13.1 Å². The molecule has 0 aliphatic heterocycles. The van der Waals surface area contributed by atoms with Crippen molar-refractivity contribution in [1.29, 1.82) is 0 Å². The number of rotatable bonds is 6. The van der Waals surface area contributed by atoms with Gasteiger partial charge < -0.3 is 14.5 Å². The average molecular weight is 237 g/mol. The smallest absolute Gasteiger partial charge is 0.313 e. The molecule has 0 saturated heterocycles. The summed E-state index contributed by atoms with van der Waals surface area (Å²) < 4.78 is 2.66. The van der Waals surface area contributed by atoms with Crippen LogP contribution in [0.25, 0.3) is 0 Å². The molecule has 1 heterocycles. The van der Waals surface area contributed by atoms with E-state index >= 15 is 0 Å². The topological polar surface area (TPSA) is 56.0 Å². The maximum Gasteiger partial charge on any atom is 0.316 e. The van der Waals surface area contributed by atoms with Gasteiger partial charge in [-0.3, -0.25) is 9.59 Å². The van der Waals surface area contributed by atoms with E-state index in [1.807, 2.05) is 0 Å². The van der Waals surface area contributed by atoms with Gasteiger partial charge in [0.25, 0.3) is 0 Å². The fraction of sp³-hybridized carbons (Fsp3) is 0.500. The zero-order valence-corrected chi connectivity index (χ0v) is 10.4. The normalized spacial score (nSPS) is 10.5. The number of aromatic nitrogens is 2. The number of hydrogen-bond acceptors (Lipinski definition) is 3. The minimum atomic E-state index is -0.512. The second kappa shape index (κ2) is 6.20. The summed E-state index contributed by atoms with van der Waals surface area (Å²) in [5.41, 5.74) is -0.137. The molecule has 0 aliphatic rings. The van der Waals surface area contributed by atoms with Crippen molar-refractivity contribution in [3.05, 3.63) is 45.3 Å². The van der Waals surface area contributed by atoms with E-state index < -0.39 is 11.1 Å². The van der Waals surface area contributed by atoms with E-state index in [1.165, 1.54) is 9.13 Å². The molecule has 0 aromatic carbocycles. The first-order valence-electron chi connectivity index (χ1n) is 5.69. The van der Waals surface area contributed by atoms with Gasteiger partial charge in [-0.1, -0.05) is 13.5 Å². The standard InChI is InChI=1S/C12H19N3O2/c1-4-5-13-8-10(2)9-15-7-6-14(3)11(16)12(15)17/h6-7,13H,2,4-5,8-9H2,1,3H3. The van der Waals surface area contributed by atoms with Crippen LogP contribution in [0.3, 0.4) is 0 Å². The lowest BCUT2D eigenvalue weighted by molar-refractivity contribution is 0.646. The minimum absolute atomic E-state index is 0.381. The summed E-state index contributed by atoms with van der Waals surface area (Å²) in [5, 5.41) is 3.20. The van der Waals surface area contributed by atoms with Crippen LogP contribution < -0.4 is 16.4 Å². The summed E-state index contributed by atoms with van der Waals surface area (Å²) in [6.07, 6.45) is 4.24. The van der Waals surface area contributed by atoms with Gasteiger partial charge in [0, 0.05) is 32.5 Å². The quantitative estimate of drug-likeness (QED) is 0.434. The van der Waals surface area contributed by atoms with E-state index in [2.05, 4.69) is 18.8 Å². The molecule has 5 heteroatoms. The first-order valence-corrected chi connectivity index (χ1v) is 5.69. The number of nitrogens with zero attached hydrogens (tertiary/aromatic N) is 2. The fourth-order valence-corrected chi connectivity index (χ4v) is 1.45. The Morgan fingerprint density at radius 2 is 2.06 bits per heavy atom. The molecule has 1 rings (SSSR count). The Hall–Kier alpha value is -1.62. The van der Waals surface area contributed by atoms with E-state index in [1.54, 1.807) is 19.4 Å². The van der Waals surface area contributed by atoms with E-state index in [9.17, 15) is 9.59 Å². The minimum Gasteiger partial charge on any atom is -0.313 e. The fourth-order valence-electron chi connectivity index (χ4n) is 1.45. The zero-order valence-electron chi connectivity index (χ0n) is 10.4. The summed E-state index contributed by atoms with van der Waals surface area (Å²) in [6.45, 7) is 7.93. The molecule has 1 N–H and O–H groups in total. The third-order valence-corrected chi connectivity index (χ3v) is 2.43. The number of hydrogen-bond donors (Lipinski definition) is 1. The lowest BCUT2D eigenvalue weighted by Gasteiger charge is -2.09. The van der Waals surface area contributed by atoms with Crippen LogP contribution >= 0.6 is 0 Å². The first kappa shape index (κ1) is 13.4. The van der Waals surface area contributed by atoms with Crippen LogP contribution in [0.2, 0.25) is 0 Å². The second-order valence-corrected chi connectivity index (χ2v) is 4.07. The van der Waals surface area contributed by atoms with Gasteiger partial charge in [0.2, 0.25) is 0 Å². The highest BCUT2D eigenvalue weighted by atomic mass is 16.2. The predicted molar refractivity (Wildman–Crippen MR) is 68.2 cm³/mol. The van der Waals surface area contributed by atoms with E-state index in [4.69, 9.17) is 0 Å². The van der Waals surface area contributed by atoms with Crippen LogP contribution in [-0.4, -0.2) is 22.2 Å². The third kappa shape index (κ3) is 3.71. The van der Waals surface area contributed by atoms with Gasteiger partial charge in [0.1, 0.15) is 0 Å². The van der Waals surface area contributed by atoms with Crippen LogP contribution in [0, 0.1) is 0 Å². The Bertz CT molecular complexity index is 499. The van der Waals surface area contributed by atoms with E-state index in [-0.39, 0.29) is 0 Å². The van der Waals surface area contributed by atoms with Gasteiger partial charge in [-0.15, -0.1) is 0 Å². The molecule has 0 atom stereocenters.